The number of aliphatic hydroxyl groups is 1. The smallest absolute Gasteiger partial charge is 0.329 e. The third-order valence-electron chi connectivity index (χ3n) is 11.8. The number of nitrogens with one attached hydrogen (secondary N) is 2. The summed E-state index contributed by atoms with van der Waals surface area (Å²) in [5, 5.41) is 20.5. The molecule has 0 bridgehead atoms. The molecule has 0 saturated carbocycles. The van der Waals surface area contributed by atoms with Gasteiger partial charge in [-0.2, -0.15) is 5.10 Å². The van der Waals surface area contributed by atoms with E-state index in [4.69, 9.17) is 31.9 Å². The zero-order chi connectivity index (χ0) is 41.6. The van der Waals surface area contributed by atoms with Crippen molar-refractivity contribution in [1.82, 2.24) is 20.4 Å². The molecule has 308 valence electrons. The SMILES string of the molecule is C[C@H]1c2c(cc(F)c(Cl)c2-c2c(C(N)=O)ccc(OCCO)c2F)O[C@]1(CNCC1CCN(c2cccc3c(N4CCC(=O)NC4=O)nn(C)c23)CC1)c1ccccc1. The Labute approximate surface area is 344 Å². The Morgan fingerprint density at radius 2 is 1.85 bits per heavy atom. The number of halogens is 3. The van der Waals surface area contributed by atoms with Crippen molar-refractivity contribution in [3.8, 4) is 22.6 Å². The van der Waals surface area contributed by atoms with E-state index in [-0.39, 0.29) is 60.3 Å². The summed E-state index contributed by atoms with van der Waals surface area (Å²) in [7, 11) is 1.86. The fourth-order valence-electron chi connectivity index (χ4n) is 8.85. The first-order chi connectivity index (χ1) is 28.4. The molecule has 3 aliphatic rings. The molecule has 2 fully saturated rings. The zero-order valence-electron chi connectivity index (χ0n) is 32.6. The Morgan fingerprint density at radius 1 is 1.08 bits per heavy atom. The van der Waals surface area contributed by atoms with E-state index in [1.54, 1.807) is 4.68 Å². The van der Waals surface area contributed by atoms with Crippen LogP contribution in [0.2, 0.25) is 5.02 Å². The Kier molecular flexibility index (Phi) is 10.9. The monoisotopic (exact) mass is 827 g/mol. The molecular weight excluding hydrogens is 784 g/mol. The van der Waals surface area contributed by atoms with Crippen LogP contribution in [-0.2, 0) is 17.4 Å². The number of aryl methyl sites for hydroxylation is 1. The fraction of sp³-hybridized carbons (Fsp3) is 0.349. The van der Waals surface area contributed by atoms with Crippen molar-refractivity contribution < 1.29 is 37.7 Å². The van der Waals surface area contributed by atoms with Crippen molar-refractivity contribution in [1.29, 1.82) is 0 Å². The number of urea groups is 1. The molecule has 4 aromatic carbocycles. The molecule has 59 heavy (non-hydrogen) atoms. The quantitative estimate of drug-likeness (QED) is 0.118. The summed E-state index contributed by atoms with van der Waals surface area (Å²) in [4.78, 5) is 41.0. The molecule has 5 N–H and O–H groups in total. The molecule has 5 aromatic rings. The number of ether oxygens (including phenoxy) is 2. The fourth-order valence-corrected chi connectivity index (χ4v) is 9.10. The van der Waals surface area contributed by atoms with Crippen LogP contribution in [0.25, 0.3) is 22.0 Å². The third kappa shape index (κ3) is 7.10. The van der Waals surface area contributed by atoms with Crippen molar-refractivity contribution in [2.45, 2.75) is 37.7 Å². The number of hydrogen-bond donors (Lipinski definition) is 4. The normalized spacial score (nSPS) is 19.5. The van der Waals surface area contributed by atoms with E-state index >= 15 is 8.78 Å². The lowest BCUT2D eigenvalue weighted by Gasteiger charge is -2.37. The van der Waals surface area contributed by atoms with Gasteiger partial charge < -0.3 is 30.5 Å². The summed E-state index contributed by atoms with van der Waals surface area (Å²) in [5.41, 5.74) is 7.22. The highest BCUT2D eigenvalue weighted by Crippen LogP contribution is 2.56. The zero-order valence-corrected chi connectivity index (χ0v) is 33.3. The summed E-state index contributed by atoms with van der Waals surface area (Å²) in [6.07, 6.45) is 1.97. The van der Waals surface area contributed by atoms with Crippen molar-refractivity contribution in [3.05, 3.63) is 100 Å². The molecular formula is C43H44ClF2N7O6. The van der Waals surface area contributed by atoms with E-state index in [2.05, 4.69) is 21.6 Å². The van der Waals surface area contributed by atoms with Crippen LogP contribution in [0, 0.1) is 17.6 Å². The van der Waals surface area contributed by atoms with Gasteiger partial charge in [-0.3, -0.25) is 24.5 Å². The molecule has 8 rings (SSSR count). The van der Waals surface area contributed by atoms with Crippen LogP contribution in [0.4, 0.5) is 25.1 Å². The molecule has 16 heteroatoms. The van der Waals surface area contributed by atoms with Gasteiger partial charge in [-0.15, -0.1) is 0 Å². The lowest BCUT2D eigenvalue weighted by atomic mass is 9.77. The van der Waals surface area contributed by atoms with Crippen molar-refractivity contribution in [3.63, 3.8) is 0 Å². The number of carbonyl (C=O) groups is 3. The predicted octanol–water partition coefficient (Wildman–Crippen LogP) is 5.99. The molecule has 3 aliphatic heterocycles. The van der Waals surface area contributed by atoms with E-state index in [0.29, 0.717) is 30.4 Å². The summed E-state index contributed by atoms with van der Waals surface area (Å²) in [5.74, 6) is -2.88. The van der Waals surface area contributed by atoms with Crippen LogP contribution in [0.15, 0.2) is 66.7 Å². The van der Waals surface area contributed by atoms with Crippen LogP contribution in [0.3, 0.4) is 0 Å². The van der Waals surface area contributed by atoms with Crippen LogP contribution in [0.1, 0.15) is 53.6 Å². The Bertz CT molecular complexity index is 2460. The van der Waals surface area contributed by atoms with Gasteiger partial charge in [0, 0.05) is 73.7 Å². The molecule has 2 atom stereocenters. The van der Waals surface area contributed by atoms with Crippen LogP contribution in [-0.4, -0.2) is 78.7 Å². The lowest BCUT2D eigenvalue weighted by Crippen LogP contribution is -2.49. The molecule has 1 aromatic heterocycles. The minimum absolute atomic E-state index is 0.0510. The third-order valence-corrected chi connectivity index (χ3v) is 12.2. The number of aliphatic hydroxyl groups excluding tert-OH is 1. The molecule has 0 unspecified atom stereocenters. The maximum Gasteiger partial charge on any atom is 0.329 e. The first kappa shape index (κ1) is 40.0. The number of aromatic nitrogens is 2. The van der Waals surface area contributed by atoms with E-state index in [0.717, 1.165) is 48.1 Å². The first-order valence-corrected chi connectivity index (χ1v) is 20.0. The molecule has 13 nitrogen and oxygen atoms in total. The second-order valence-corrected chi connectivity index (χ2v) is 15.6. The highest BCUT2D eigenvalue weighted by atomic mass is 35.5. The average Bonchev–Trinajstić information content (AvgIpc) is 3.71. The number of hydrogen-bond acceptors (Lipinski definition) is 9. The molecule has 4 heterocycles. The number of anilines is 2. The molecule has 4 amide bonds. The number of nitrogens with two attached hydrogens (primary N) is 1. The number of nitrogens with zero attached hydrogens (tertiary/aromatic N) is 4. The Morgan fingerprint density at radius 3 is 2.56 bits per heavy atom. The summed E-state index contributed by atoms with van der Waals surface area (Å²) in [6, 6.07) is 18.7. The molecule has 0 spiro atoms. The Balaban J connectivity index is 1.03. The average molecular weight is 828 g/mol. The van der Waals surface area contributed by atoms with Gasteiger partial charge >= 0.3 is 6.03 Å². The number of amides is 4. The summed E-state index contributed by atoms with van der Waals surface area (Å²) in [6.45, 7) is 4.10. The number of carbonyl (C=O) groups excluding carboxylic acids is 3. The molecule has 2 saturated heterocycles. The van der Waals surface area contributed by atoms with Crippen molar-refractivity contribution in [2.75, 3.05) is 55.7 Å². The second kappa shape index (κ2) is 16.1. The maximum absolute atomic E-state index is 16.4. The van der Waals surface area contributed by atoms with E-state index in [9.17, 15) is 19.5 Å². The van der Waals surface area contributed by atoms with Gasteiger partial charge in [0.15, 0.2) is 23.0 Å². The number of para-hydroxylation sites is 1. The van der Waals surface area contributed by atoms with Gasteiger partial charge in [0.2, 0.25) is 11.8 Å². The van der Waals surface area contributed by atoms with Gasteiger partial charge in [-0.25, -0.2) is 13.6 Å². The van der Waals surface area contributed by atoms with E-state index in [1.807, 2.05) is 56.4 Å². The summed E-state index contributed by atoms with van der Waals surface area (Å²) < 4.78 is 46.1. The topological polar surface area (TPSA) is 164 Å². The van der Waals surface area contributed by atoms with Crippen molar-refractivity contribution in [2.24, 2.45) is 18.7 Å². The largest absolute Gasteiger partial charge is 0.488 e. The first-order valence-electron chi connectivity index (χ1n) is 19.6. The highest BCUT2D eigenvalue weighted by molar-refractivity contribution is 6.34. The number of benzene rings is 4. The highest BCUT2D eigenvalue weighted by Gasteiger charge is 2.50. The number of fused-ring (bicyclic) bond motifs is 2. The van der Waals surface area contributed by atoms with Gasteiger partial charge in [0.05, 0.1) is 28.4 Å². The van der Waals surface area contributed by atoms with Gasteiger partial charge in [0.1, 0.15) is 18.2 Å². The summed E-state index contributed by atoms with van der Waals surface area (Å²) >= 11 is 6.69. The second-order valence-electron chi connectivity index (χ2n) is 15.2. The van der Waals surface area contributed by atoms with Gasteiger partial charge in [-0.05, 0) is 55.1 Å². The lowest BCUT2D eigenvalue weighted by molar-refractivity contribution is -0.120. The van der Waals surface area contributed by atoms with E-state index in [1.165, 1.54) is 23.1 Å². The number of rotatable bonds is 12. The predicted molar refractivity (Wildman–Crippen MR) is 219 cm³/mol. The maximum atomic E-state index is 16.4. The number of imide groups is 1. The van der Waals surface area contributed by atoms with Crippen LogP contribution >= 0.6 is 11.6 Å². The Hall–Kier alpha value is -5.77. The van der Waals surface area contributed by atoms with Crippen LogP contribution in [0.5, 0.6) is 11.5 Å². The van der Waals surface area contributed by atoms with Gasteiger partial charge in [-0.1, -0.05) is 54.9 Å². The standard InChI is InChI=1S/C43H44ClF2N7O6/c1-24-34-32(21-29(45)37(44)36(34)35-27(40(47)56)11-12-31(38(35)46)58-20-19-54)59-43(24,26-7-4-3-5-8-26)23-48-22-25-13-16-52(17-14-25)30-10-6-9-28-39(30)51(2)50-41(28)53-18-15-33(55)49-42(53)57/h3-12,21,24-25,48,54H,13-20,22-23H2,1-2H3,(H2,47,56)(H,49,55,57)/t24-,43-/m0/s1. The van der Waals surface area contributed by atoms with Crippen LogP contribution < -0.4 is 35.6 Å². The minimum Gasteiger partial charge on any atom is -0.488 e. The number of primary amides is 1. The molecule has 0 radical (unpaired) electrons. The molecule has 0 aliphatic carbocycles. The van der Waals surface area contributed by atoms with E-state index < -0.39 is 40.1 Å². The number of piperidine rings is 1. The van der Waals surface area contributed by atoms with Crippen molar-refractivity contribution >= 4 is 51.9 Å². The minimum atomic E-state index is -1.09. The van der Waals surface area contributed by atoms with Gasteiger partial charge in [0.25, 0.3) is 0 Å².